The Bertz CT molecular complexity index is 851. The van der Waals surface area contributed by atoms with Crippen LogP contribution in [0.4, 0.5) is 10.5 Å². The van der Waals surface area contributed by atoms with Crippen LogP contribution >= 0.6 is 0 Å². The van der Waals surface area contributed by atoms with Crippen molar-refractivity contribution in [2.45, 2.75) is 45.2 Å². The highest BCUT2D eigenvalue weighted by Crippen LogP contribution is 2.31. The Labute approximate surface area is 183 Å². The number of carbonyl (C=O) groups excluding carboxylic acids is 2. The molecule has 0 bridgehead atoms. The molecular weight excluding hydrogens is 392 g/mol. The van der Waals surface area contributed by atoms with Gasteiger partial charge in [0.15, 0.2) is 0 Å². The van der Waals surface area contributed by atoms with E-state index in [0.717, 1.165) is 29.9 Å². The van der Waals surface area contributed by atoms with Crippen molar-refractivity contribution in [2.75, 3.05) is 31.5 Å². The number of rotatable bonds is 6. The Morgan fingerprint density at radius 3 is 2.42 bits per heavy atom. The van der Waals surface area contributed by atoms with Crippen LogP contribution in [-0.4, -0.2) is 54.0 Å². The number of nitrogens with zero attached hydrogens (tertiary/aromatic N) is 2. The number of hydrogen-bond acceptors (Lipinski definition) is 4. The fraction of sp³-hybridized carbons (Fsp3) is 0.500. The number of anilines is 1. The molecule has 2 N–H and O–H groups in total. The molecular formula is C24H32N4O3. The molecule has 7 nitrogen and oxygen atoms in total. The Morgan fingerprint density at radius 1 is 1.06 bits per heavy atom. The summed E-state index contributed by atoms with van der Waals surface area (Å²) in [7, 11) is 0. The maximum absolute atomic E-state index is 13.1. The molecule has 4 rings (SSSR count). The zero-order valence-electron chi connectivity index (χ0n) is 18.2. The van der Waals surface area contributed by atoms with Gasteiger partial charge in [0.2, 0.25) is 5.91 Å². The summed E-state index contributed by atoms with van der Waals surface area (Å²) >= 11 is 0. The third kappa shape index (κ3) is 5.47. The van der Waals surface area contributed by atoms with Gasteiger partial charge in [0.1, 0.15) is 5.76 Å². The van der Waals surface area contributed by atoms with E-state index in [-0.39, 0.29) is 18.0 Å². The smallest absolute Gasteiger partial charge is 0.321 e. The minimum atomic E-state index is -0.139. The van der Waals surface area contributed by atoms with Gasteiger partial charge >= 0.3 is 6.03 Å². The van der Waals surface area contributed by atoms with Crippen molar-refractivity contribution in [1.29, 1.82) is 0 Å². The minimum Gasteiger partial charge on any atom is -0.467 e. The summed E-state index contributed by atoms with van der Waals surface area (Å²) in [6.07, 6.45) is 6.17. The molecule has 2 heterocycles. The highest BCUT2D eigenvalue weighted by atomic mass is 16.3. The fourth-order valence-electron chi connectivity index (χ4n) is 4.69. The first kappa shape index (κ1) is 21.4. The first-order valence-electron chi connectivity index (χ1n) is 11.3. The largest absolute Gasteiger partial charge is 0.467 e. The van der Waals surface area contributed by atoms with Gasteiger partial charge in [0.05, 0.1) is 18.8 Å². The van der Waals surface area contributed by atoms with Crippen LogP contribution in [-0.2, 0) is 11.3 Å². The second-order valence-electron chi connectivity index (χ2n) is 8.61. The third-order valence-corrected chi connectivity index (χ3v) is 6.43. The lowest BCUT2D eigenvalue weighted by molar-refractivity contribution is -0.129. The van der Waals surface area contributed by atoms with Gasteiger partial charge in [-0.25, -0.2) is 4.79 Å². The second kappa shape index (κ2) is 10.0. The van der Waals surface area contributed by atoms with Crippen molar-refractivity contribution in [2.24, 2.45) is 5.92 Å². The molecule has 31 heavy (non-hydrogen) atoms. The topological polar surface area (TPSA) is 77.8 Å². The number of amides is 3. The molecule has 2 aliphatic rings. The molecule has 1 aromatic carbocycles. The monoisotopic (exact) mass is 424 g/mol. The van der Waals surface area contributed by atoms with Crippen molar-refractivity contribution < 1.29 is 14.0 Å². The van der Waals surface area contributed by atoms with Crippen LogP contribution in [0, 0.1) is 12.8 Å². The van der Waals surface area contributed by atoms with E-state index >= 15 is 0 Å². The van der Waals surface area contributed by atoms with Gasteiger partial charge < -0.3 is 20.0 Å². The summed E-state index contributed by atoms with van der Waals surface area (Å²) in [6.45, 7) is 5.08. The van der Waals surface area contributed by atoms with E-state index in [9.17, 15) is 9.59 Å². The van der Waals surface area contributed by atoms with Gasteiger partial charge in [-0.2, -0.15) is 0 Å². The molecule has 1 saturated carbocycles. The molecule has 2 fully saturated rings. The quantitative estimate of drug-likeness (QED) is 0.743. The average Bonchev–Trinajstić information content (AvgIpc) is 3.49. The van der Waals surface area contributed by atoms with Gasteiger partial charge in [0.25, 0.3) is 0 Å². The number of piperazine rings is 1. The maximum atomic E-state index is 13.1. The predicted molar refractivity (Wildman–Crippen MR) is 120 cm³/mol. The number of hydrogen-bond donors (Lipinski definition) is 2. The number of furan rings is 1. The molecule has 1 saturated heterocycles. The van der Waals surface area contributed by atoms with Crippen molar-refractivity contribution in [3.05, 3.63) is 54.0 Å². The van der Waals surface area contributed by atoms with E-state index in [1.54, 1.807) is 6.26 Å². The van der Waals surface area contributed by atoms with Crippen molar-refractivity contribution in [3.8, 4) is 0 Å². The summed E-state index contributed by atoms with van der Waals surface area (Å²) in [5.74, 6) is 1.21. The van der Waals surface area contributed by atoms with E-state index in [0.29, 0.717) is 38.6 Å². The van der Waals surface area contributed by atoms with Crippen molar-refractivity contribution >= 4 is 17.6 Å². The van der Waals surface area contributed by atoms with Gasteiger partial charge in [-0.3, -0.25) is 9.69 Å². The summed E-state index contributed by atoms with van der Waals surface area (Å²) in [6, 6.07) is 11.3. The van der Waals surface area contributed by atoms with E-state index in [2.05, 4.69) is 15.5 Å². The summed E-state index contributed by atoms with van der Waals surface area (Å²) < 4.78 is 5.35. The highest BCUT2D eigenvalue weighted by molar-refractivity contribution is 5.89. The Morgan fingerprint density at radius 2 is 1.77 bits per heavy atom. The molecule has 2 aromatic rings. The zero-order chi connectivity index (χ0) is 21.6. The fourth-order valence-corrected chi connectivity index (χ4v) is 4.69. The predicted octanol–water partition coefficient (Wildman–Crippen LogP) is 3.61. The molecule has 0 unspecified atom stereocenters. The van der Waals surface area contributed by atoms with Gasteiger partial charge in [-0.15, -0.1) is 0 Å². The lowest BCUT2D eigenvalue weighted by Crippen LogP contribution is -2.58. The molecule has 166 valence electrons. The molecule has 0 spiro atoms. The summed E-state index contributed by atoms with van der Waals surface area (Å²) in [5, 5.41) is 6.04. The van der Waals surface area contributed by atoms with Gasteiger partial charge in [-0.1, -0.05) is 30.5 Å². The van der Waals surface area contributed by atoms with Crippen LogP contribution < -0.4 is 10.6 Å². The van der Waals surface area contributed by atoms with Crippen molar-refractivity contribution in [3.63, 3.8) is 0 Å². The molecule has 7 heteroatoms. The molecule has 0 radical (unpaired) electrons. The lowest BCUT2D eigenvalue weighted by atomic mass is 9.95. The van der Waals surface area contributed by atoms with Crippen LogP contribution in [0.25, 0.3) is 0 Å². The van der Waals surface area contributed by atoms with Gasteiger partial charge in [-0.05, 0) is 49.9 Å². The number of urea groups is 1. The number of carbonyl (C=O) groups is 2. The van der Waals surface area contributed by atoms with Crippen molar-refractivity contribution in [1.82, 2.24) is 15.1 Å². The first-order valence-corrected chi connectivity index (χ1v) is 11.3. The Hall–Kier alpha value is -2.80. The van der Waals surface area contributed by atoms with E-state index in [1.165, 1.54) is 12.8 Å². The van der Waals surface area contributed by atoms with Crippen LogP contribution in [0.2, 0.25) is 0 Å². The normalized spacial score (nSPS) is 18.7. The maximum Gasteiger partial charge on any atom is 0.321 e. The van der Waals surface area contributed by atoms with Crippen LogP contribution in [0.15, 0.2) is 47.1 Å². The second-order valence-corrected chi connectivity index (χ2v) is 8.61. The molecule has 1 atom stereocenters. The van der Waals surface area contributed by atoms with Crippen LogP contribution in [0.1, 0.15) is 37.0 Å². The van der Waals surface area contributed by atoms with Crippen LogP contribution in [0.5, 0.6) is 0 Å². The third-order valence-electron chi connectivity index (χ3n) is 6.43. The highest BCUT2D eigenvalue weighted by Gasteiger charge is 2.37. The number of benzene rings is 1. The molecule has 1 aliphatic heterocycles. The number of nitrogens with one attached hydrogen (secondary N) is 2. The first-order chi connectivity index (χ1) is 15.1. The SMILES string of the molecule is Cc1ccc(NC(=O)N2CCN([C@@H](C(=O)NCc3ccco3)C3CCCC3)CC2)cc1. The molecule has 3 amide bonds. The Balaban J connectivity index is 1.33. The van der Waals surface area contributed by atoms with E-state index in [4.69, 9.17) is 4.42 Å². The molecule has 1 aromatic heterocycles. The zero-order valence-corrected chi connectivity index (χ0v) is 18.2. The van der Waals surface area contributed by atoms with E-state index < -0.39 is 0 Å². The standard InChI is InChI=1S/C24H32N4O3/c1-18-8-10-20(11-9-18)26-24(30)28-14-12-27(13-15-28)22(19-5-2-3-6-19)23(29)25-17-21-7-4-16-31-21/h4,7-11,16,19,22H,2-3,5-6,12-15,17H2,1H3,(H,25,29)(H,26,30)/t22-/m1/s1. The summed E-state index contributed by atoms with van der Waals surface area (Å²) in [5.41, 5.74) is 1.97. The van der Waals surface area contributed by atoms with Gasteiger partial charge in [0, 0.05) is 31.9 Å². The van der Waals surface area contributed by atoms with Crippen LogP contribution in [0.3, 0.4) is 0 Å². The average molecular weight is 425 g/mol. The Kier molecular flexibility index (Phi) is 6.92. The summed E-state index contributed by atoms with van der Waals surface area (Å²) in [4.78, 5) is 29.9. The lowest BCUT2D eigenvalue weighted by Gasteiger charge is -2.40. The van der Waals surface area contributed by atoms with E-state index in [1.807, 2.05) is 48.2 Å². The molecule has 1 aliphatic carbocycles. The minimum absolute atomic E-state index is 0.0702. The number of aryl methyl sites for hydroxylation is 1.